The topological polar surface area (TPSA) is 29.3 Å². The minimum absolute atomic E-state index is 0.287. The fraction of sp³-hybridized carbons (Fsp3) is 1.00. The molecule has 1 unspecified atom stereocenters. The van der Waals surface area contributed by atoms with E-state index in [0.29, 0.717) is 6.04 Å². The van der Waals surface area contributed by atoms with E-state index in [1.807, 2.05) is 0 Å². The highest BCUT2D eigenvalue weighted by Crippen LogP contribution is 2.32. The first-order valence-corrected chi connectivity index (χ1v) is 7.59. The molecule has 0 aromatic rings. The van der Waals surface area contributed by atoms with Gasteiger partial charge in [0.15, 0.2) is 0 Å². The van der Waals surface area contributed by atoms with Crippen LogP contribution in [0.2, 0.25) is 0 Å². The van der Waals surface area contributed by atoms with Gasteiger partial charge in [-0.2, -0.15) is 0 Å². The van der Waals surface area contributed by atoms with Crippen molar-refractivity contribution in [3.63, 3.8) is 0 Å². The van der Waals surface area contributed by atoms with E-state index in [-0.39, 0.29) is 5.54 Å². The summed E-state index contributed by atoms with van der Waals surface area (Å²) in [5, 5.41) is 0. The van der Waals surface area contributed by atoms with Gasteiger partial charge in [0.2, 0.25) is 0 Å². The van der Waals surface area contributed by atoms with Crippen LogP contribution in [0.4, 0.5) is 0 Å². The van der Waals surface area contributed by atoms with Crippen molar-refractivity contribution >= 4 is 0 Å². The predicted molar refractivity (Wildman–Crippen MR) is 76.2 cm³/mol. The summed E-state index contributed by atoms with van der Waals surface area (Å²) in [7, 11) is 2.30. The summed E-state index contributed by atoms with van der Waals surface area (Å²) in [6, 6.07) is 0.669. The molecule has 1 aliphatic rings. The molecule has 0 spiro atoms. The lowest BCUT2D eigenvalue weighted by Crippen LogP contribution is -2.55. The highest BCUT2D eigenvalue weighted by atomic mass is 15.2. The van der Waals surface area contributed by atoms with Crippen LogP contribution >= 0.6 is 0 Å². The van der Waals surface area contributed by atoms with E-state index in [2.05, 4.69) is 25.8 Å². The van der Waals surface area contributed by atoms with E-state index in [4.69, 9.17) is 5.73 Å². The zero-order valence-corrected chi connectivity index (χ0v) is 12.2. The number of rotatable bonds is 5. The Morgan fingerprint density at radius 1 is 1.12 bits per heavy atom. The van der Waals surface area contributed by atoms with Gasteiger partial charge < -0.3 is 5.73 Å². The highest BCUT2D eigenvalue weighted by molar-refractivity contribution is 4.93. The van der Waals surface area contributed by atoms with Crippen LogP contribution in [0.5, 0.6) is 0 Å². The average molecular weight is 240 g/mol. The van der Waals surface area contributed by atoms with E-state index in [1.165, 1.54) is 57.8 Å². The van der Waals surface area contributed by atoms with Crippen LogP contribution in [-0.4, -0.2) is 30.1 Å². The molecule has 2 nitrogen and oxygen atoms in total. The fourth-order valence-corrected chi connectivity index (χ4v) is 3.34. The SMILES string of the molecule is CCCC(C)N(C)C1(CN)CCCCCCC1. The molecule has 17 heavy (non-hydrogen) atoms. The molecule has 2 N–H and O–H groups in total. The average Bonchev–Trinajstić information content (AvgIpc) is 2.29. The third kappa shape index (κ3) is 3.96. The maximum atomic E-state index is 6.15. The summed E-state index contributed by atoms with van der Waals surface area (Å²) < 4.78 is 0. The molecule has 1 aliphatic carbocycles. The van der Waals surface area contributed by atoms with Gasteiger partial charge in [0.25, 0.3) is 0 Å². The largest absolute Gasteiger partial charge is 0.329 e. The molecule has 0 radical (unpaired) electrons. The molecular formula is C15H32N2. The maximum Gasteiger partial charge on any atom is 0.0331 e. The number of nitrogens with zero attached hydrogens (tertiary/aromatic N) is 1. The van der Waals surface area contributed by atoms with Crippen LogP contribution in [-0.2, 0) is 0 Å². The van der Waals surface area contributed by atoms with Crippen molar-refractivity contribution in [2.24, 2.45) is 5.73 Å². The van der Waals surface area contributed by atoms with Gasteiger partial charge in [-0.25, -0.2) is 0 Å². The molecule has 0 amide bonds. The van der Waals surface area contributed by atoms with Gasteiger partial charge in [-0.1, -0.05) is 45.4 Å². The maximum absolute atomic E-state index is 6.15. The Morgan fingerprint density at radius 2 is 1.65 bits per heavy atom. The van der Waals surface area contributed by atoms with Gasteiger partial charge in [-0.3, -0.25) is 4.90 Å². The van der Waals surface area contributed by atoms with Gasteiger partial charge in [-0.05, 0) is 33.2 Å². The standard InChI is InChI=1S/C15H32N2/c1-4-10-14(2)17(3)15(13-16)11-8-6-5-7-9-12-15/h14H,4-13,16H2,1-3H3. The lowest BCUT2D eigenvalue weighted by Gasteiger charge is -2.46. The van der Waals surface area contributed by atoms with Crippen LogP contribution in [0.3, 0.4) is 0 Å². The van der Waals surface area contributed by atoms with Crippen LogP contribution < -0.4 is 5.73 Å². The van der Waals surface area contributed by atoms with Gasteiger partial charge >= 0.3 is 0 Å². The zero-order chi connectivity index (χ0) is 12.7. The molecule has 0 heterocycles. The number of nitrogens with two attached hydrogens (primary N) is 1. The fourth-order valence-electron chi connectivity index (χ4n) is 3.34. The van der Waals surface area contributed by atoms with Gasteiger partial charge in [0, 0.05) is 18.1 Å². The normalized spacial score (nSPS) is 23.1. The Hall–Kier alpha value is -0.0800. The molecule has 102 valence electrons. The van der Waals surface area contributed by atoms with Crippen LogP contribution in [0, 0.1) is 0 Å². The Bertz CT molecular complexity index is 195. The van der Waals surface area contributed by atoms with Crippen molar-refractivity contribution in [3.05, 3.63) is 0 Å². The molecule has 1 rings (SSSR count). The minimum Gasteiger partial charge on any atom is -0.329 e. The van der Waals surface area contributed by atoms with E-state index in [9.17, 15) is 0 Å². The molecule has 1 fully saturated rings. The molecule has 0 saturated heterocycles. The van der Waals surface area contributed by atoms with Crippen LogP contribution in [0.15, 0.2) is 0 Å². The Labute approximate surface area is 108 Å². The number of likely N-dealkylation sites (N-methyl/N-ethyl adjacent to an activating group) is 1. The van der Waals surface area contributed by atoms with Crippen LogP contribution in [0.25, 0.3) is 0 Å². The Balaban J connectivity index is 2.68. The van der Waals surface area contributed by atoms with Gasteiger partial charge in [-0.15, -0.1) is 0 Å². The second kappa shape index (κ2) is 7.38. The summed E-state index contributed by atoms with van der Waals surface area (Å²) in [4.78, 5) is 2.60. The summed E-state index contributed by atoms with van der Waals surface area (Å²) >= 11 is 0. The molecule has 0 aromatic carbocycles. The van der Waals surface area contributed by atoms with Crippen molar-refractivity contribution in [2.75, 3.05) is 13.6 Å². The molecule has 0 aliphatic heterocycles. The van der Waals surface area contributed by atoms with E-state index in [1.54, 1.807) is 0 Å². The summed E-state index contributed by atoms with van der Waals surface area (Å²) in [5.41, 5.74) is 6.44. The molecule has 0 aromatic heterocycles. The van der Waals surface area contributed by atoms with Crippen molar-refractivity contribution in [1.29, 1.82) is 0 Å². The van der Waals surface area contributed by atoms with Crippen LogP contribution in [0.1, 0.15) is 71.6 Å². The third-order valence-electron chi connectivity index (χ3n) is 4.78. The second-order valence-corrected chi connectivity index (χ2v) is 5.94. The van der Waals surface area contributed by atoms with Gasteiger partial charge in [0.1, 0.15) is 0 Å². The highest BCUT2D eigenvalue weighted by Gasteiger charge is 2.34. The number of hydrogen-bond donors (Lipinski definition) is 1. The Morgan fingerprint density at radius 3 is 2.12 bits per heavy atom. The lowest BCUT2D eigenvalue weighted by molar-refractivity contribution is 0.0552. The molecule has 0 bridgehead atoms. The van der Waals surface area contributed by atoms with E-state index in [0.717, 1.165) is 6.54 Å². The van der Waals surface area contributed by atoms with Crippen molar-refractivity contribution in [3.8, 4) is 0 Å². The zero-order valence-electron chi connectivity index (χ0n) is 12.2. The predicted octanol–water partition coefficient (Wildman–Crippen LogP) is 3.55. The Kier molecular flexibility index (Phi) is 6.50. The van der Waals surface area contributed by atoms with Crippen molar-refractivity contribution in [2.45, 2.75) is 83.2 Å². The number of hydrogen-bond acceptors (Lipinski definition) is 2. The molecular weight excluding hydrogens is 208 g/mol. The summed E-state index contributed by atoms with van der Waals surface area (Å²) in [6.45, 7) is 5.47. The van der Waals surface area contributed by atoms with Crippen molar-refractivity contribution in [1.82, 2.24) is 4.90 Å². The van der Waals surface area contributed by atoms with Crippen molar-refractivity contribution < 1.29 is 0 Å². The summed E-state index contributed by atoms with van der Waals surface area (Å²) in [6.07, 6.45) is 12.1. The molecule has 2 heteroatoms. The minimum atomic E-state index is 0.287. The quantitative estimate of drug-likeness (QED) is 0.796. The monoisotopic (exact) mass is 240 g/mol. The first-order chi connectivity index (χ1) is 8.16. The molecule has 1 atom stereocenters. The third-order valence-corrected chi connectivity index (χ3v) is 4.78. The van der Waals surface area contributed by atoms with E-state index >= 15 is 0 Å². The first kappa shape index (κ1) is 15.0. The first-order valence-electron chi connectivity index (χ1n) is 7.59. The lowest BCUT2D eigenvalue weighted by atomic mass is 9.81. The molecule has 1 saturated carbocycles. The summed E-state index contributed by atoms with van der Waals surface area (Å²) in [5.74, 6) is 0. The van der Waals surface area contributed by atoms with E-state index < -0.39 is 0 Å². The smallest absolute Gasteiger partial charge is 0.0331 e. The second-order valence-electron chi connectivity index (χ2n) is 5.94. The van der Waals surface area contributed by atoms with Gasteiger partial charge in [0.05, 0.1) is 0 Å².